The molecule has 0 aromatic rings. The van der Waals surface area contributed by atoms with Gasteiger partial charge in [0.25, 0.3) is 0 Å². The van der Waals surface area contributed by atoms with Gasteiger partial charge in [0.2, 0.25) is 0 Å². The predicted octanol–water partition coefficient (Wildman–Crippen LogP) is 4.17. The summed E-state index contributed by atoms with van der Waals surface area (Å²) in [7, 11) is 0. The van der Waals surface area contributed by atoms with Crippen LogP contribution in [0.5, 0.6) is 0 Å². The van der Waals surface area contributed by atoms with E-state index in [1.54, 1.807) is 0 Å². The number of hydrogen-bond donors (Lipinski definition) is 4. The molecule has 0 aliphatic carbocycles. The summed E-state index contributed by atoms with van der Waals surface area (Å²) in [6, 6.07) is 0. The largest absolute Gasteiger partial charge is 0.480 e. The highest BCUT2D eigenvalue weighted by molar-refractivity contribution is 5.85. The number of Topliss-reactive ketones (excluding diaryl/α,β-unsaturated/α-hetero) is 1. The molecule has 184 valence electrons. The van der Waals surface area contributed by atoms with E-state index in [4.69, 9.17) is 15.6 Å². The lowest BCUT2D eigenvalue weighted by Gasteiger charge is -2.32. The van der Waals surface area contributed by atoms with Gasteiger partial charge in [-0.2, -0.15) is 0 Å². The first-order chi connectivity index (χ1) is 14.9. The van der Waals surface area contributed by atoms with E-state index >= 15 is 0 Å². The molecule has 0 heterocycles. The van der Waals surface area contributed by atoms with Crippen LogP contribution < -0.4 is 5.73 Å². The maximum Gasteiger partial charge on any atom is 0.329 e. The third-order valence-corrected chi connectivity index (χ3v) is 6.00. The number of carboxylic acids is 1. The first kappa shape index (κ1) is 30.0. The summed E-state index contributed by atoms with van der Waals surface area (Å²) < 4.78 is 4.94. The fraction of sp³-hybridized carbons (Fsp3) is 0.917. The predicted molar refractivity (Wildman–Crippen MR) is 123 cm³/mol. The number of aliphatic hydroxyl groups is 2. The molecule has 0 amide bonds. The normalized spacial score (nSPS) is 14.3. The molecule has 0 radical (unpaired) electrons. The molecular formula is C24H47NO6. The van der Waals surface area contributed by atoms with E-state index in [-0.39, 0.29) is 12.2 Å². The van der Waals surface area contributed by atoms with E-state index in [1.165, 1.54) is 70.6 Å². The number of carbonyl (C=O) groups is 2. The van der Waals surface area contributed by atoms with Gasteiger partial charge in [-0.25, -0.2) is 4.79 Å². The fourth-order valence-corrected chi connectivity index (χ4v) is 3.78. The van der Waals surface area contributed by atoms with E-state index in [2.05, 4.69) is 6.92 Å². The Bertz CT molecular complexity index is 457. The van der Waals surface area contributed by atoms with Gasteiger partial charge in [-0.3, -0.25) is 4.79 Å². The molecule has 0 saturated carbocycles. The monoisotopic (exact) mass is 445 g/mol. The van der Waals surface area contributed by atoms with Crippen LogP contribution in [0.4, 0.5) is 0 Å². The smallest absolute Gasteiger partial charge is 0.329 e. The van der Waals surface area contributed by atoms with Gasteiger partial charge in [0.15, 0.2) is 0 Å². The molecule has 0 aliphatic heterocycles. The van der Waals surface area contributed by atoms with Crippen LogP contribution in [0.25, 0.3) is 0 Å². The molecule has 0 saturated heterocycles. The lowest BCUT2D eigenvalue weighted by Crippen LogP contribution is -2.53. The Morgan fingerprint density at radius 3 is 1.61 bits per heavy atom. The van der Waals surface area contributed by atoms with Gasteiger partial charge < -0.3 is 25.8 Å². The van der Waals surface area contributed by atoms with Gasteiger partial charge in [-0.1, -0.05) is 96.8 Å². The number of unbranched alkanes of at least 4 members (excludes halogenated alkanes) is 14. The molecule has 7 nitrogen and oxygen atoms in total. The number of ether oxygens (including phenoxy) is 1. The Hall–Kier alpha value is -1.02. The minimum atomic E-state index is -1.66. The Balaban J connectivity index is 3.79. The quantitative estimate of drug-likeness (QED) is 0.137. The van der Waals surface area contributed by atoms with Crippen molar-refractivity contribution in [3.63, 3.8) is 0 Å². The van der Waals surface area contributed by atoms with Crippen LogP contribution in [-0.2, 0) is 14.3 Å². The second kappa shape index (κ2) is 19.6. The van der Waals surface area contributed by atoms with Crippen molar-refractivity contribution in [2.24, 2.45) is 11.1 Å². The summed E-state index contributed by atoms with van der Waals surface area (Å²) >= 11 is 0. The number of hydrogen-bond acceptors (Lipinski definition) is 6. The Morgan fingerprint density at radius 1 is 0.839 bits per heavy atom. The summed E-state index contributed by atoms with van der Waals surface area (Å²) in [4.78, 5) is 23.1. The van der Waals surface area contributed by atoms with Crippen LogP contribution in [0.3, 0.4) is 0 Å². The molecule has 0 rings (SSSR count). The second-order valence-corrected chi connectivity index (χ2v) is 8.77. The van der Waals surface area contributed by atoms with Crippen LogP contribution in [-0.4, -0.2) is 53.1 Å². The van der Waals surface area contributed by atoms with Crippen molar-refractivity contribution in [1.29, 1.82) is 0 Å². The average Bonchev–Trinajstić information content (AvgIpc) is 2.73. The van der Waals surface area contributed by atoms with Crippen molar-refractivity contribution >= 4 is 11.8 Å². The average molecular weight is 446 g/mol. The van der Waals surface area contributed by atoms with Crippen molar-refractivity contribution in [2.45, 2.75) is 116 Å². The number of aliphatic carboxylic acids is 1. The third kappa shape index (κ3) is 14.6. The van der Waals surface area contributed by atoms with E-state index in [9.17, 15) is 19.8 Å². The van der Waals surface area contributed by atoms with Crippen LogP contribution in [0.1, 0.15) is 110 Å². The van der Waals surface area contributed by atoms with E-state index in [1.807, 2.05) is 0 Å². The van der Waals surface area contributed by atoms with Crippen molar-refractivity contribution in [1.82, 2.24) is 0 Å². The molecule has 7 heteroatoms. The molecule has 2 atom stereocenters. The highest BCUT2D eigenvalue weighted by Gasteiger charge is 2.43. The van der Waals surface area contributed by atoms with Gasteiger partial charge in [0.1, 0.15) is 24.0 Å². The van der Waals surface area contributed by atoms with Crippen LogP contribution in [0.15, 0.2) is 0 Å². The molecule has 0 spiro atoms. The molecule has 5 N–H and O–H groups in total. The van der Waals surface area contributed by atoms with Crippen molar-refractivity contribution < 1.29 is 29.6 Å². The van der Waals surface area contributed by atoms with Gasteiger partial charge in [-0.05, 0) is 6.42 Å². The summed E-state index contributed by atoms with van der Waals surface area (Å²) in [5, 5.41) is 28.1. The highest BCUT2D eigenvalue weighted by atomic mass is 16.5. The zero-order valence-corrected chi connectivity index (χ0v) is 19.7. The Kier molecular flexibility index (Phi) is 19.0. The molecule has 0 fully saturated rings. The number of rotatable bonds is 23. The highest BCUT2D eigenvalue weighted by Crippen LogP contribution is 2.25. The van der Waals surface area contributed by atoms with E-state index < -0.39 is 37.4 Å². The maximum atomic E-state index is 12.5. The second-order valence-electron chi connectivity index (χ2n) is 8.77. The fourth-order valence-electron chi connectivity index (χ4n) is 3.78. The van der Waals surface area contributed by atoms with E-state index in [0.29, 0.717) is 6.42 Å². The van der Waals surface area contributed by atoms with Gasteiger partial charge >= 0.3 is 5.97 Å². The summed E-state index contributed by atoms with van der Waals surface area (Å²) in [6.45, 7) is 0.547. The van der Waals surface area contributed by atoms with Crippen molar-refractivity contribution in [3.8, 4) is 0 Å². The molecule has 0 bridgehead atoms. The number of carbonyl (C=O) groups excluding carboxylic acids is 1. The zero-order valence-electron chi connectivity index (χ0n) is 19.7. The number of aliphatic hydroxyl groups excluding tert-OH is 2. The lowest BCUT2D eigenvalue weighted by molar-refractivity contribution is -0.155. The minimum Gasteiger partial charge on any atom is -0.480 e. The van der Waals surface area contributed by atoms with Crippen LogP contribution >= 0.6 is 0 Å². The van der Waals surface area contributed by atoms with Crippen molar-refractivity contribution in [2.75, 3.05) is 19.8 Å². The Labute approximate surface area is 188 Å². The van der Waals surface area contributed by atoms with Crippen molar-refractivity contribution in [3.05, 3.63) is 0 Å². The standard InChI is InChI=1S/C24H47NO6/c1-2-3-4-5-6-7-8-9-10-11-12-13-14-15-16-17-21(27)24(19-26,23(25)30)20-31-18-22(28)29/h23,26,30H,2-20,25H2,1H3,(H,28,29). The van der Waals surface area contributed by atoms with Crippen LogP contribution in [0.2, 0.25) is 0 Å². The third-order valence-electron chi connectivity index (χ3n) is 6.00. The van der Waals surface area contributed by atoms with Gasteiger partial charge in [0, 0.05) is 6.42 Å². The SMILES string of the molecule is CCCCCCCCCCCCCCCCCC(=O)C(CO)(COCC(=O)O)C(N)O. The number of carboxylic acid groups (broad SMARTS) is 1. The molecule has 0 aromatic heterocycles. The number of nitrogens with two attached hydrogens (primary N) is 1. The van der Waals surface area contributed by atoms with Crippen LogP contribution in [0, 0.1) is 5.41 Å². The van der Waals surface area contributed by atoms with E-state index in [0.717, 1.165) is 19.3 Å². The molecule has 2 unspecified atom stereocenters. The Morgan fingerprint density at radius 2 is 1.26 bits per heavy atom. The molecular weight excluding hydrogens is 398 g/mol. The maximum absolute atomic E-state index is 12.5. The molecule has 31 heavy (non-hydrogen) atoms. The summed E-state index contributed by atoms with van der Waals surface area (Å²) in [5.74, 6) is -1.57. The molecule has 0 aromatic carbocycles. The van der Waals surface area contributed by atoms with Gasteiger partial charge in [-0.15, -0.1) is 0 Å². The lowest BCUT2D eigenvalue weighted by atomic mass is 9.81. The zero-order chi connectivity index (χ0) is 23.4. The summed E-state index contributed by atoms with van der Waals surface area (Å²) in [6.07, 6.45) is 17.0. The number of ketones is 1. The minimum absolute atomic E-state index is 0.184. The first-order valence-electron chi connectivity index (χ1n) is 12.3. The topological polar surface area (TPSA) is 130 Å². The molecule has 0 aliphatic rings. The first-order valence-corrected chi connectivity index (χ1v) is 12.3. The summed E-state index contributed by atoms with van der Waals surface area (Å²) in [5.41, 5.74) is 3.84. The van der Waals surface area contributed by atoms with Gasteiger partial charge in [0.05, 0.1) is 13.2 Å².